The third-order valence-electron chi connectivity index (χ3n) is 3.45. The minimum atomic E-state index is 0.271. The molecule has 98 valence electrons. The normalized spacial score (nSPS) is 19.3. The number of aromatic hydroxyl groups is 1. The van der Waals surface area contributed by atoms with E-state index in [9.17, 15) is 5.11 Å². The summed E-state index contributed by atoms with van der Waals surface area (Å²) in [5, 5.41) is 13.3. The second-order valence-corrected chi connectivity index (χ2v) is 4.72. The van der Waals surface area contributed by atoms with Crippen molar-refractivity contribution in [1.82, 2.24) is 5.32 Å². The van der Waals surface area contributed by atoms with Crippen LogP contribution in [0.5, 0.6) is 5.75 Å². The largest absolute Gasteiger partial charge is 0.507 e. The third kappa shape index (κ3) is 2.62. The fourth-order valence-electron chi connectivity index (χ4n) is 2.39. The summed E-state index contributed by atoms with van der Waals surface area (Å²) in [5.74, 6) is 0.314. The monoisotopic (exact) mass is 255 g/mol. The predicted octanol–water partition coefficient (Wildman–Crippen LogP) is 2.72. The Morgan fingerprint density at radius 3 is 2.53 bits per heavy atom. The Morgan fingerprint density at radius 1 is 1.05 bits per heavy atom. The number of morpholine rings is 1. The first-order valence-corrected chi connectivity index (χ1v) is 6.54. The van der Waals surface area contributed by atoms with Crippen LogP contribution in [0.2, 0.25) is 0 Å². The first-order valence-electron chi connectivity index (χ1n) is 6.54. The molecule has 19 heavy (non-hydrogen) atoms. The molecule has 3 rings (SSSR count). The molecule has 0 amide bonds. The van der Waals surface area contributed by atoms with Gasteiger partial charge in [-0.25, -0.2) is 0 Å². The number of rotatable bonds is 2. The molecule has 3 nitrogen and oxygen atoms in total. The molecule has 1 saturated heterocycles. The van der Waals surface area contributed by atoms with Gasteiger partial charge < -0.3 is 15.2 Å². The number of nitrogens with one attached hydrogen (secondary N) is 1. The van der Waals surface area contributed by atoms with E-state index in [4.69, 9.17) is 4.74 Å². The van der Waals surface area contributed by atoms with E-state index >= 15 is 0 Å². The highest BCUT2D eigenvalue weighted by Gasteiger charge is 2.15. The Labute approximate surface area is 112 Å². The minimum Gasteiger partial charge on any atom is -0.507 e. The van der Waals surface area contributed by atoms with E-state index in [1.165, 1.54) is 5.56 Å². The summed E-state index contributed by atoms with van der Waals surface area (Å²) in [6, 6.07) is 15.9. The molecular weight excluding hydrogens is 238 g/mol. The van der Waals surface area contributed by atoms with Crippen LogP contribution in [0.25, 0.3) is 11.1 Å². The van der Waals surface area contributed by atoms with Crippen LogP contribution in [0.1, 0.15) is 11.6 Å². The van der Waals surface area contributed by atoms with E-state index in [1.54, 1.807) is 6.07 Å². The average molecular weight is 255 g/mol. The van der Waals surface area contributed by atoms with Gasteiger partial charge in [0.1, 0.15) is 5.75 Å². The van der Waals surface area contributed by atoms with Gasteiger partial charge in [-0.1, -0.05) is 42.5 Å². The second-order valence-electron chi connectivity index (χ2n) is 4.72. The Balaban J connectivity index is 1.84. The molecule has 1 aliphatic heterocycles. The fraction of sp³-hybridized carbons (Fsp3) is 0.250. The molecule has 1 fully saturated rings. The zero-order chi connectivity index (χ0) is 13.1. The predicted molar refractivity (Wildman–Crippen MR) is 75.1 cm³/mol. The lowest BCUT2D eigenvalue weighted by Crippen LogP contribution is -2.34. The zero-order valence-corrected chi connectivity index (χ0v) is 10.7. The van der Waals surface area contributed by atoms with Gasteiger partial charge in [-0.3, -0.25) is 0 Å². The lowest BCUT2D eigenvalue weighted by molar-refractivity contribution is 0.0769. The first kappa shape index (κ1) is 12.2. The maximum atomic E-state index is 9.85. The van der Waals surface area contributed by atoms with Gasteiger partial charge in [0.05, 0.1) is 19.3 Å². The first-order chi connectivity index (χ1) is 9.34. The van der Waals surface area contributed by atoms with Crippen LogP contribution < -0.4 is 5.32 Å². The minimum absolute atomic E-state index is 0.271. The van der Waals surface area contributed by atoms with Gasteiger partial charge in [0.25, 0.3) is 0 Å². The lowest BCUT2D eigenvalue weighted by Gasteiger charge is -2.24. The number of para-hydroxylation sites is 1. The number of benzene rings is 2. The molecule has 2 N–H and O–H groups in total. The van der Waals surface area contributed by atoms with E-state index in [2.05, 4.69) is 17.4 Å². The molecule has 0 unspecified atom stereocenters. The summed E-state index contributed by atoms with van der Waals surface area (Å²) in [4.78, 5) is 0. The molecular formula is C16H17NO2. The molecule has 0 spiro atoms. The summed E-state index contributed by atoms with van der Waals surface area (Å²) in [7, 11) is 0. The van der Waals surface area contributed by atoms with Crippen molar-refractivity contribution in [2.75, 3.05) is 19.8 Å². The SMILES string of the molecule is Oc1ccccc1-c1ccc([C@H]2COCCN2)cc1. The van der Waals surface area contributed by atoms with Crippen molar-refractivity contribution in [1.29, 1.82) is 0 Å². The number of hydrogen-bond acceptors (Lipinski definition) is 3. The molecule has 2 aromatic carbocycles. The Morgan fingerprint density at radius 2 is 1.84 bits per heavy atom. The van der Waals surface area contributed by atoms with Crippen LogP contribution in [-0.4, -0.2) is 24.9 Å². The smallest absolute Gasteiger partial charge is 0.123 e. The topological polar surface area (TPSA) is 41.5 Å². The zero-order valence-electron chi connectivity index (χ0n) is 10.7. The van der Waals surface area contributed by atoms with Crippen molar-refractivity contribution in [3.8, 4) is 16.9 Å². The second kappa shape index (κ2) is 5.43. The highest BCUT2D eigenvalue weighted by atomic mass is 16.5. The highest BCUT2D eigenvalue weighted by Crippen LogP contribution is 2.29. The van der Waals surface area contributed by atoms with Crippen LogP contribution >= 0.6 is 0 Å². The van der Waals surface area contributed by atoms with Crippen molar-refractivity contribution in [3.05, 3.63) is 54.1 Å². The molecule has 0 bridgehead atoms. The van der Waals surface area contributed by atoms with Gasteiger partial charge in [-0.2, -0.15) is 0 Å². The van der Waals surface area contributed by atoms with E-state index in [1.807, 2.05) is 30.3 Å². The van der Waals surface area contributed by atoms with E-state index in [0.29, 0.717) is 5.75 Å². The number of phenolic OH excluding ortho intramolecular Hbond substituents is 1. The molecule has 1 aliphatic rings. The van der Waals surface area contributed by atoms with E-state index in [-0.39, 0.29) is 6.04 Å². The van der Waals surface area contributed by atoms with Crippen molar-refractivity contribution in [3.63, 3.8) is 0 Å². The van der Waals surface area contributed by atoms with Gasteiger partial charge in [-0.05, 0) is 17.2 Å². The Hall–Kier alpha value is -1.84. The summed E-state index contributed by atoms with van der Waals surface area (Å²) < 4.78 is 5.47. The van der Waals surface area contributed by atoms with E-state index < -0.39 is 0 Å². The summed E-state index contributed by atoms with van der Waals surface area (Å²) in [6.45, 7) is 2.40. The van der Waals surface area contributed by atoms with Crippen molar-refractivity contribution >= 4 is 0 Å². The van der Waals surface area contributed by atoms with Gasteiger partial charge >= 0.3 is 0 Å². The maximum absolute atomic E-state index is 9.85. The lowest BCUT2D eigenvalue weighted by atomic mass is 10.00. The van der Waals surface area contributed by atoms with Crippen molar-refractivity contribution < 1.29 is 9.84 Å². The average Bonchev–Trinajstić information content (AvgIpc) is 2.49. The third-order valence-corrected chi connectivity index (χ3v) is 3.45. The molecule has 0 saturated carbocycles. The molecule has 0 aromatic heterocycles. The molecule has 1 atom stereocenters. The van der Waals surface area contributed by atoms with Crippen LogP contribution in [0.4, 0.5) is 0 Å². The standard InChI is InChI=1S/C16H17NO2/c18-16-4-2-1-3-14(16)12-5-7-13(8-6-12)15-11-19-10-9-17-15/h1-8,15,17-18H,9-11H2/t15-/m1/s1. The Kier molecular flexibility index (Phi) is 3.49. The van der Waals surface area contributed by atoms with Gasteiger partial charge in [0.2, 0.25) is 0 Å². The summed E-state index contributed by atoms with van der Waals surface area (Å²) >= 11 is 0. The van der Waals surface area contributed by atoms with Crippen LogP contribution in [-0.2, 0) is 4.74 Å². The van der Waals surface area contributed by atoms with Crippen molar-refractivity contribution in [2.24, 2.45) is 0 Å². The molecule has 1 heterocycles. The van der Waals surface area contributed by atoms with Crippen molar-refractivity contribution in [2.45, 2.75) is 6.04 Å². The Bertz CT molecular complexity index is 545. The van der Waals surface area contributed by atoms with Crippen LogP contribution in [0.15, 0.2) is 48.5 Å². The van der Waals surface area contributed by atoms with Gasteiger partial charge in [0, 0.05) is 12.1 Å². The highest BCUT2D eigenvalue weighted by molar-refractivity contribution is 5.70. The van der Waals surface area contributed by atoms with E-state index in [0.717, 1.165) is 30.9 Å². The summed E-state index contributed by atoms with van der Waals surface area (Å²) in [5.41, 5.74) is 3.11. The van der Waals surface area contributed by atoms with Gasteiger partial charge in [0.15, 0.2) is 0 Å². The molecule has 0 aliphatic carbocycles. The molecule has 2 aromatic rings. The number of hydrogen-bond donors (Lipinski definition) is 2. The maximum Gasteiger partial charge on any atom is 0.123 e. The molecule has 3 heteroatoms. The van der Waals surface area contributed by atoms with Crippen LogP contribution in [0.3, 0.4) is 0 Å². The number of ether oxygens (including phenoxy) is 1. The number of phenols is 1. The quantitative estimate of drug-likeness (QED) is 0.867. The summed E-state index contributed by atoms with van der Waals surface area (Å²) in [6.07, 6.45) is 0. The molecule has 0 radical (unpaired) electrons. The van der Waals surface area contributed by atoms with Gasteiger partial charge in [-0.15, -0.1) is 0 Å². The fourth-order valence-corrected chi connectivity index (χ4v) is 2.39. The van der Waals surface area contributed by atoms with Crippen LogP contribution in [0, 0.1) is 0 Å².